The third-order valence-corrected chi connectivity index (χ3v) is 6.95. The van der Waals surface area contributed by atoms with Gasteiger partial charge in [0.15, 0.2) is 0 Å². The van der Waals surface area contributed by atoms with Crippen molar-refractivity contribution >= 4 is 38.9 Å². The first kappa shape index (κ1) is 22.2. The predicted molar refractivity (Wildman–Crippen MR) is 154 cm³/mol. The van der Waals surface area contributed by atoms with Gasteiger partial charge in [0.05, 0.1) is 11.0 Å². The van der Waals surface area contributed by atoms with E-state index in [1.165, 1.54) is 27.4 Å². The predicted octanol–water partition coefficient (Wildman–Crippen LogP) is 9.55. The van der Waals surface area contributed by atoms with E-state index < -0.39 is 0 Å². The van der Waals surface area contributed by atoms with Crippen molar-refractivity contribution in [2.45, 2.75) is 26.2 Å². The molecule has 176 valence electrons. The van der Waals surface area contributed by atoms with Gasteiger partial charge in [0.2, 0.25) is 0 Å². The van der Waals surface area contributed by atoms with Crippen molar-refractivity contribution < 1.29 is 0 Å². The quantitative estimate of drug-likeness (QED) is 0.251. The van der Waals surface area contributed by atoms with Gasteiger partial charge in [-0.05, 0) is 71.6 Å². The van der Waals surface area contributed by atoms with E-state index in [1.54, 1.807) is 0 Å². The van der Waals surface area contributed by atoms with Crippen LogP contribution in [0.3, 0.4) is 0 Å². The smallest absolute Gasteiger partial charge is 0.0541 e. The Morgan fingerprint density at radius 1 is 0.472 bits per heavy atom. The molecule has 36 heavy (non-hydrogen) atoms. The van der Waals surface area contributed by atoms with E-state index in [4.69, 9.17) is 0 Å². The van der Waals surface area contributed by atoms with Gasteiger partial charge in [-0.3, -0.25) is 0 Å². The molecule has 0 aliphatic heterocycles. The molecule has 0 atom stereocenters. The molecule has 0 aliphatic rings. The van der Waals surface area contributed by atoms with Crippen molar-refractivity contribution in [2.75, 3.05) is 4.90 Å². The van der Waals surface area contributed by atoms with Crippen LogP contribution in [0, 0.1) is 0 Å². The Labute approximate surface area is 213 Å². The number of hydrogen-bond acceptors (Lipinski definition) is 1. The van der Waals surface area contributed by atoms with E-state index in [1.807, 2.05) is 0 Å². The highest BCUT2D eigenvalue weighted by molar-refractivity contribution is 6.09. The van der Waals surface area contributed by atoms with Gasteiger partial charge in [0.1, 0.15) is 0 Å². The standard InChI is InChI=1S/C34H30N2/c1-34(2,3)25-17-19-27(20-18-25)35(26-11-5-4-6-12-26)28-21-23-29(24-22-28)36-32-15-9-7-13-30(32)31-14-8-10-16-33(31)36/h4-24H,1-3H3. The first-order valence-corrected chi connectivity index (χ1v) is 12.5. The molecule has 6 rings (SSSR count). The molecule has 0 unspecified atom stereocenters. The van der Waals surface area contributed by atoms with Crippen LogP contribution >= 0.6 is 0 Å². The first-order chi connectivity index (χ1) is 17.5. The van der Waals surface area contributed by atoms with Crippen LogP contribution in [0.1, 0.15) is 26.3 Å². The highest BCUT2D eigenvalue weighted by Crippen LogP contribution is 2.37. The second-order valence-electron chi connectivity index (χ2n) is 10.4. The summed E-state index contributed by atoms with van der Waals surface area (Å²) >= 11 is 0. The Morgan fingerprint density at radius 3 is 1.44 bits per heavy atom. The maximum Gasteiger partial charge on any atom is 0.0541 e. The zero-order valence-electron chi connectivity index (χ0n) is 21.0. The number of anilines is 3. The number of hydrogen-bond donors (Lipinski definition) is 0. The van der Waals surface area contributed by atoms with Crippen LogP contribution in [0.5, 0.6) is 0 Å². The van der Waals surface area contributed by atoms with Gasteiger partial charge in [-0.2, -0.15) is 0 Å². The average Bonchev–Trinajstić information content (AvgIpc) is 3.24. The van der Waals surface area contributed by atoms with E-state index in [9.17, 15) is 0 Å². The van der Waals surface area contributed by atoms with Crippen LogP contribution < -0.4 is 4.90 Å². The molecule has 5 aromatic carbocycles. The van der Waals surface area contributed by atoms with Gasteiger partial charge < -0.3 is 9.47 Å². The highest BCUT2D eigenvalue weighted by atomic mass is 15.1. The number of fused-ring (bicyclic) bond motifs is 3. The molecule has 0 radical (unpaired) electrons. The van der Waals surface area contributed by atoms with Crippen LogP contribution in [0.15, 0.2) is 127 Å². The Morgan fingerprint density at radius 2 is 0.917 bits per heavy atom. The van der Waals surface area contributed by atoms with Gasteiger partial charge in [-0.15, -0.1) is 0 Å². The lowest BCUT2D eigenvalue weighted by molar-refractivity contribution is 0.590. The molecule has 0 amide bonds. The molecule has 6 aromatic rings. The third kappa shape index (κ3) is 3.85. The molecule has 0 saturated heterocycles. The van der Waals surface area contributed by atoms with Crippen molar-refractivity contribution in [3.8, 4) is 5.69 Å². The van der Waals surface area contributed by atoms with Crippen LogP contribution in [0.4, 0.5) is 17.1 Å². The number of para-hydroxylation sites is 3. The molecule has 1 aromatic heterocycles. The van der Waals surface area contributed by atoms with Crippen molar-refractivity contribution in [2.24, 2.45) is 0 Å². The lowest BCUT2D eigenvalue weighted by atomic mass is 9.87. The molecular formula is C34H30N2. The van der Waals surface area contributed by atoms with Crippen molar-refractivity contribution in [3.05, 3.63) is 133 Å². The summed E-state index contributed by atoms with van der Waals surface area (Å²) in [4.78, 5) is 2.32. The first-order valence-electron chi connectivity index (χ1n) is 12.5. The Balaban J connectivity index is 1.46. The summed E-state index contributed by atoms with van der Waals surface area (Å²) in [5.41, 5.74) is 8.50. The molecule has 2 heteroatoms. The summed E-state index contributed by atoms with van der Waals surface area (Å²) < 4.78 is 2.36. The van der Waals surface area contributed by atoms with E-state index in [0.717, 1.165) is 22.7 Å². The molecule has 0 spiro atoms. The maximum atomic E-state index is 2.36. The van der Waals surface area contributed by atoms with Gasteiger partial charge in [-0.25, -0.2) is 0 Å². The second-order valence-corrected chi connectivity index (χ2v) is 10.4. The Bertz CT molecular complexity index is 1580. The monoisotopic (exact) mass is 466 g/mol. The van der Waals surface area contributed by atoms with Gasteiger partial charge in [0.25, 0.3) is 0 Å². The van der Waals surface area contributed by atoms with Crippen LogP contribution in [0.2, 0.25) is 0 Å². The minimum Gasteiger partial charge on any atom is -0.311 e. The summed E-state index contributed by atoms with van der Waals surface area (Å²) in [5.74, 6) is 0. The van der Waals surface area contributed by atoms with Gasteiger partial charge >= 0.3 is 0 Å². The zero-order valence-corrected chi connectivity index (χ0v) is 21.0. The SMILES string of the molecule is CC(C)(C)c1ccc(N(c2ccccc2)c2ccc(-n3c4ccccc4c4ccccc43)cc2)cc1. The molecule has 2 nitrogen and oxygen atoms in total. The van der Waals surface area contributed by atoms with E-state index in [2.05, 4.69) is 158 Å². The minimum atomic E-state index is 0.125. The molecule has 0 bridgehead atoms. The Kier molecular flexibility index (Phi) is 5.38. The summed E-state index contributed by atoms with van der Waals surface area (Å²) in [7, 11) is 0. The Hall–Kier alpha value is -4.30. The van der Waals surface area contributed by atoms with Crippen molar-refractivity contribution in [1.29, 1.82) is 0 Å². The van der Waals surface area contributed by atoms with Crippen molar-refractivity contribution in [3.63, 3.8) is 0 Å². The molecule has 0 aliphatic carbocycles. The van der Waals surface area contributed by atoms with E-state index >= 15 is 0 Å². The zero-order chi connectivity index (χ0) is 24.7. The topological polar surface area (TPSA) is 8.17 Å². The summed E-state index contributed by atoms with van der Waals surface area (Å²) in [5, 5.41) is 2.56. The third-order valence-electron chi connectivity index (χ3n) is 6.95. The summed E-state index contributed by atoms with van der Waals surface area (Å²) in [6.45, 7) is 6.76. The van der Waals surface area contributed by atoms with Crippen LogP contribution in [0.25, 0.3) is 27.5 Å². The molecule has 0 fully saturated rings. The van der Waals surface area contributed by atoms with E-state index in [0.29, 0.717) is 0 Å². The molecule has 0 N–H and O–H groups in total. The fourth-order valence-corrected chi connectivity index (χ4v) is 5.09. The number of nitrogens with zero attached hydrogens (tertiary/aromatic N) is 2. The number of rotatable bonds is 4. The summed E-state index contributed by atoms with van der Waals surface area (Å²) in [6, 6.07) is 45.7. The lowest BCUT2D eigenvalue weighted by Gasteiger charge is -2.27. The van der Waals surface area contributed by atoms with Gasteiger partial charge in [-0.1, -0.05) is 87.5 Å². The second kappa shape index (κ2) is 8.73. The molecular weight excluding hydrogens is 436 g/mol. The average molecular weight is 467 g/mol. The largest absolute Gasteiger partial charge is 0.311 e. The number of aromatic nitrogens is 1. The normalized spacial score (nSPS) is 11.8. The van der Waals surface area contributed by atoms with Gasteiger partial charge in [0, 0.05) is 33.5 Å². The minimum absolute atomic E-state index is 0.125. The van der Waals surface area contributed by atoms with Crippen LogP contribution in [-0.4, -0.2) is 4.57 Å². The molecule has 0 saturated carbocycles. The number of benzene rings is 5. The van der Waals surface area contributed by atoms with Crippen LogP contribution in [-0.2, 0) is 5.41 Å². The van der Waals surface area contributed by atoms with E-state index in [-0.39, 0.29) is 5.41 Å². The molecule has 1 heterocycles. The lowest BCUT2D eigenvalue weighted by Crippen LogP contribution is -2.13. The summed E-state index contributed by atoms with van der Waals surface area (Å²) in [6.07, 6.45) is 0. The fourth-order valence-electron chi connectivity index (χ4n) is 5.09. The van der Waals surface area contributed by atoms with Crippen molar-refractivity contribution in [1.82, 2.24) is 4.57 Å². The maximum absolute atomic E-state index is 2.36. The highest BCUT2D eigenvalue weighted by Gasteiger charge is 2.17. The fraction of sp³-hybridized carbons (Fsp3) is 0.118.